The number of hydrogen-bond donors (Lipinski definition) is 1. The fourth-order valence-electron chi connectivity index (χ4n) is 2.83. The molecule has 0 aromatic carbocycles. The molecule has 1 N–H and O–H groups in total. The van der Waals surface area contributed by atoms with Gasteiger partial charge in [0, 0.05) is 0 Å². The van der Waals surface area contributed by atoms with Crippen LogP contribution >= 0.6 is 11.8 Å². The van der Waals surface area contributed by atoms with E-state index >= 15 is 0 Å². The van der Waals surface area contributed by atoms with Crippen molar-refractivity contribution in [2.75, 3.05) is 5.75 Å². The Morgan fingerprint density at radius 3 is 3.00 bits per heavy atom. The molecule has 1 saturated heterocycles. The molecule has 1 aromatic heterocycles. The summed E-state index contributed by atoms with van der Waals surface area (Å²) >= 11 is 1.87. The summed E-state index contributed by atoms with van der Waals surface area (Å²) in [6.45, 7) is 2.16. The van der Waals surface area contributed by atoms with Crippen molar-refractivity contribution >= 4 is 17.7 Å². The summed E-state index contributed by atoms with van der Waals surface area (Å²) in [4.78, 5) is 11.1. The number of nitrogens with zero attached hydrogens (tertiary/aromatic N) is 4. The number of carboxylic acid groups (broad SMARTS) is 1. The molecule has 3 rings (SSSR count). The molecule has 2 heterocycles. The molecule has 0 radical (unpaired) electrons. The van der Waals surface area contributed by atoms with E-state index in [1.807, 2.05) is 11.8 Å². The molecule has 2 unspecified atom stereocenters. The lowest BCUT2D eigenvalue weighted by Crippen LogP contribution is -2.26. The van der Waals surface area contributed by atoms with E-state index in [0.29, 0.717) is 5.92 Å². The van der Waals surface area contributed by atoms with E-state index < -0.39 is 5.97 Å². The SMILES string of the molecule is CC1(c2nnnn2C(CC(=O)O)C2CC2)CCCS1. The standard InChI is InChI=1S/C12H18N4O2S/c1-12(5-2-6-19-12)11-13-14-15-16(11)9(7-10(17)18)8-3-4-8/h8-9H,2-7H2,1H3,(H,17,18). The molecule has 2 fully saturated rings. The van der Waals surface area contributed by atoms with Crippen molar-refractivity contribution in [3.05, 3.63) is 5.82 Å². The van der Waals surface area contributed by atoms with Gasteiger partial charge in [-0.3, -0.25) is 4.79 Å². The van der Waals surface area contributed by atoms with Crippen molar-refractivity contribution in [3.63, 3.8) is 0 Å². The molecule has 1 aliphatic heterocycles. The lowest BCUT2D eigenvalue weighted by molar-refractivity contribution is -0.138. The van der Waals surface area contributed by atoms with Gasteiger partial charge in [0.15, 0.2) is 5.82 Å². The van der Waals surface area contributed by atoms with Crippen LogP contribution in [0.4, 0.5) is 0 Å². The second-order valence-electron chi connectivity index (χ2n) is 5.63. The smallest absolute Gasteiger partial charge is 0.305 e. The van der Waals surface area contributed by atoms with Gasteiger partial charge in [-0.25, -0.2) is 4.68 Å². The van der Waals surface area contributed by atoms with Crippen molar-refractivity contribution in [1.82, 2.24) is 20.2 Å². The lowest BCUT2D eigenvalue weighted by atomic mass is 10.0. The molecule has 2 aliphatic rings. The first-order valence-corrected chi connectivity index (χ1v) is 7.73. The first-order valence-electron chi connectivity index (χ1n) is 6.74. The average molecular weight is 282 g/mol. The van der Waals surface area contributed by atoms with E-state index in [0.717, 1.165) is 30.8 Å². The number of rotatable bonds is 5. The third-order valence-corrected chi connectivity index (χ3v) is 5.57. The summed E-state index contributed by atoms with van der Waals surface area (Å²) in [6, 6.07) is -0.0828. The first-order chi connectivity index (χ1) is 9.10. The monoisotopic (exact) mass is 282 g/mol. The summed E-state index contributed by atoms with van der Waals surface area (Å²) in [7, 11) is 0. The van der Waals surface area contributed by atoms with E-state index in [9.17, 15) is 4.79 Å². The van der Waals surface area contributed by atoms with Gasteiger partial charge in [-0.05, 0) is 54.7 Å². The van der Waals surface area contributed by atoms with Gasteiger partial charge in [-0.2, -0.15) is 0 Å². The minimum absolute atomic E-state index is 0.0604. The van der Waals surface area contributed by atoms with Crippen LogP contribution in [-0.4, -0.2) is 37.0 Å². The van der Waals surface area contributed by atoms with Gasteiger partial charge >= 0.3 is 5.97 Å². The predicted octanol–water partition coefficient (Wildman–Crippen LogP) is 1.84. The Labute approximate surface area is 115 Å². The Morgan fingerprint density at radius 2 is 2.42 bits per heavy atom. The number of thioether (sulfide) groups is 1. The summed E-state index contributed by atoms with van der Waals surface area (Å²) in [6.07, 6.45) is 4.51. The Morgan fingerprint density at radius 1 is 1.63 bits per heavy atom. The lowest BCUT2D eigenvalue weighted by Gasteiger charge is -2.24. The molecule has 0 amide bonds. The molecule has 1 aliphatic carbocycles. The van der Waals surface area contributed by atoms with Gasteiger partial charge in [0.25, 0.3) is 0 Å². The van der Waals surface area contributed by atoms with Crippen LogP contribution in [0.5, 0.6) is 0 Å². The minimum atomic E-state index is -0.775. The highest BCUT2D eigenvalue weighted by Crippen LogP contribution is 2.48. The van der Waals surface area contributed by atoms with E-state index in [-0.39, 0.29) is 17.2 Å². The molecular formula is C12H18N4O2S. The fraction of sp³-hybridized carbons (Fsp3) is 0.833. The zero-order chi connectivity index (χ0) is 13.5. The number of hydrogen-bond acceptors (Lipinski definition) is 5. The maximum atomic E-state index is 11.1. The van der Waals surface area contributed by atoms with Gasteiger partial charge in [0.2, 0.25) is 0 Å². The van der Waals surface area contributed by atoms with Crippen LogP contribution in [0.2, 0.25) is 0 Å². The zero-order valence-corrected chi connectivity index (χ0v) is 11.8. The number of carboxylic acids is 1. The highest BCUT2D eigenvalue weighted by atomic mass is 32.2. The third-order valence-electron chi connectivity index (χ3n) is 4.05. The average Bonchev–Trinajstić information content (AvgIpc) is 2.89. The third kappa shape index (κ3) is 2.48. The Hall–Kier alpha value is -1.11. The first kappa shape index (κ1) is 12.9. The van der Waals surface area contributed by atoms with Gasteiger partial charge in [-0.1, -0.05) is 0 Å². The van der Waals surface area contributed by atoms with Crippen molar-refractivity contribution in [2.45, 2.75) is 49.8 Å². The van der Waals surface area contributed by atoms with Crippen LogP contribution in [0.25, 0.3) is 0 Å². The molecule has 6 nitrogen and oxygen atoms in total. The maximum Gasteiger partial charge on any atom is 0.305 e. The van der Waals surface area contributed by atoms with E-state index in [1.54, 1.807) is 4.68 Å². The minimum Gasteiger partial charge on any atom is -0.481 e. The number of aliphatic carboxylic acids is 1. The fourth-order valence-corrected chi connectivity index (χ4v) is 4.12. The Kier molecular flexibility index (Phi) is 3.24. The molecule has 2 atom stereocenters. The van der Waals surface area contributed by atoms with E-state index in [4.69, 9.17) is 5.11 Å². The van der Waals surface area contributed by atoms with Crippen molar-refractivity contribution < 1.29 is 9.90 Å². The van der Waals surface area contributed by atoms with Crippen LogP contribution < -0.4 is 0 Å². The van der Waals surface area contributed by atoms with Gasteiger partial charge in [0.1, 0.15) is 0 Å². The molecule has 104 valence electrons. The number of carbonyl (C=O) groups is 1. The van der Waals surface area contributed by atoms with Crippen molar-refractivity contribution in [1.29, 1.82) is 0 Å². The maximum absolute atomic E-state index is 11.1. The number of tetrazole rings is 1. The molecule has 1 aromatic rings. The van der Waals surface area contributed by atoms with Crippen molar-refractivity contribution in [3.8, 4) is 0 Å². The quantitative estimate of drug-likeness (QED) is 0.887. The van der Waals surface area contributed by atoms with Crippen LogP contribution in [0.1, 0.15) is 50.9 Å². The highest BCUT2D eigenvalue weighted by Gasteiger charge is 2.42. The summed E-state index contributed by atoms with van der Waals surface area (Å²) < 4.78 is 1.74. The van der Waals surface area contributed by atoms with Crippen molar-refractivity contribution in [2.24, 2.45) is 5.92 Å². The second-order valence-corrected chi connectivity index (χ2v) is 7.23. The molecule has 1 saturated carbocycles. The van der Waals surface area contributed by atoms with Crippen LogP contribution in [0.3, 0.4) is 0 Å². The largest absolute Gasteiger partial charge is 0.481 e. The summed E-state index contributed by atoms with van der Waals surface area (Å²) in [5, 5.41) is 21.2. The normalized spacial score (nSPS) is 28.5. The predicted molar refractivity (Wildman–Crippen MR) is 70.9 cm³/mol. The van der Waals surface area contributed by atoms with Crippen LogP contribution in [0, 0.1) is 5.92 Å². The second kappa shape index (κ2) is 4.77. The van der Waals surface area contributed by atoms with Crippen LogP contribution in [-0.2, 0) is 9.54 Å². The van der Waals surface area contributed by atoms with E-state index in [1.165, 1.54) is 6.42 Å². The van der Waals surface area contributed by atoms with E-state index in [2.05, 4.69) is 22.4 Å². The molecule has 0 spiro atoms. The number of aromatic nitrogens is 4. The van der Waals surface area contributed by atoms with Crippen LogP contribution in [0.15, 0.2) is 0 Å². The Balaban J connectivity index is 1.91. The van der Waals surface area contributed by atoms with Gasteiger partial charge in [0.05, 0.1) is 17.2 Å². The molecule has 19 heavy (non-hydrogen) atoms. The Bertz CT molecular complexity index is 480. The molecular weight excluding hydrogens is 264 g/mol. The molecule has 7 heteroatoms. The highest BCUT2D eigenvalue weighted by molar-refractivity contribution is 8.00. The summed E-state index contributed by atoms with van der Waals surface area (Å²) in [5.74, 6) is 1.63. The van der Waals surface area contributed by atoms with Gasteiger partial charge in [-0.15, -0.1) is 16.9 Å². The summed E-state index contributed by atoms with van der Waals surface area (Å²) in [5.41, 5.74) is 0. The zero-order valence-electron chi connectivity index (χ0n) is 10.9. The molecule has 0 bridgehead atoms. The van der Waals surface area contributed by atoms with Gasteiger partial charge < -0.3 is 5.11 Å². The topological polar surface area (TPSA) is 80.9 Å².